The minimum absolute atomic E-state index is 0.297. The maximum Gasteiger partial charge on any atom is 0.413 e. The molecule has 0 fully saturated rings. The van der Waals surface area contributed by atoms with E-state index < -0.39 is 11.7 Å². The molecule has 17 heavy (non-hydrogen) atoms. The molecule has 3 nitrogen and oxygen atoms in total. The summed E-state index contributed by atoms with van der Waals surface area (Å²) in [6.45, 7) is 2.15. The summed E-state index contributed by atoms with van der Waals surface area (Å²) in [5.41, 5.74) is -1.76. The van der Waals surface area contributed by atoms with E-state index in [0.717, 1.165) is 18.5 Å². The molecule has 2 rings (SSSR count). The largest absolute Gasteiger partial charge is 0.413 e. The summed E-state index contributed by atoms with van der Waals surface area (Å²) in [6, 6.07) is 1.68. The molecule has 0 saturated heterocycles. The Morgan fingerprint density at radius 1 is 1.29 bits per heavy atom. The third kappa shape index (κ3) is 2.03. The van der Waals surface area contributed by atoms with Gasteiger partial charge in [0.05, 0.1) is 0 Å². The predicted molar refractivity (Wildman–Crippen MR) is 60.6 cm³/mol. The molecule has 0 spiro atoms. The summed E-state index contributed by atoms with van der Waals surface area (Å²) in [4.78, 5) is 3.95. The third-order valence-electron chi connectivity index (χ3n) is 2.59. The van der Waals surface area contributed by atoms with Crippen LogP contribution in [0.25, 0.3) is 11.0 Å². The van der Waals surface area contributed by atoms with Gasteiger partial charge in [-0.25, -0.2) is 4.98 Å². The van der Waals surface area contributed by atoms with Crippen molar-refractivity contribution in [2.24, 2.45) is 0 Å². The molecule has 0 N–H and O–H groups in total. The van der Waals surface area contributed by atoms with Crippen molar-refractivity contribution in [3.63, 3.8) is 0 Å². The van der Waals surface area contributed by atoms with Crippen molar-refractivity contribution in [2.75, 3.05) is 0 Å². The van der Waals surface area contributed by atoms with Gasteiger partial charge in [-0.3, -0.25) is 4.68 Å². The van der Waals surface area contributed by atoms with Gasteiger partial charge in [0.15, 0.2) is 11.2 Å². The van der Waals surface area contributed by atoms with E-state index in [9.17, 15) is 13.2 Å². The van der Waals surface area contributed by atoms with Crippen molar-refractivity contribution in [1.29, 1.82) is 0 Å². The Kier molecular flexibility index (Phi) is 2.68. The first-order chi connectivity index (χ1) is 7.72. The number of nitrogens with zero attached hydrogens (tertiary/aromatic N) is 3. The lowest BCUT2D eigenvalue weighted by Crippen LogP contribution is -2.42. The lowest BCUT2D eigenvalue weighted by Gasteiger charge is -2.27. The fraction of sp³-hybridized carbons (Fsp3) is 0.400. The average Bonchev–Trinajstić information content (AvgIpc) is 2.58. The number of aromatic nitrogens is 3. The van der Waals surface area contributed by atoms with Crippen LogP contribution in [0.15, 0.2) is 22.9 Å². The van der Waals surface area contributed by atoms with Gasteiger partial charge < -0.3 is 0 Å². The third-order valence-corrected chi connectivity index (χ3v) is 3.03. The molecule has 2 aromatic rings. The highest BCUT2D eigenvalue weighted by molar-refractivity contribution is 9.10. The first kappa shape index (κ1) is 12.3. The van der Waals surface area contributed by atoms with Crippen LogP contribution < -0.4 is 0 Å². The molecule has 0 radical (unpaired) electrons. The molecule has 2 heterocycles. The molecule has 0 aromatic carbocycles. The molecule has 7 heteroatoms. The Labute approximate surface area is 104 Å². The van der Waals surface area contributed by atoms with E-state index in [1.807, 2.05) is 0 Å². The number of rotatable bonds is 1. The molecule has 0 unspecified atom stereocenters. The van der Waals surface area contributed by atoms with Crippen molar-refractivity contribution < 1.29 is 13.2 Å². The molecule has 0 amide bonds. The quantitative estimate of drug-likeness (QED) is 0.807. The van der Waals surface area contributed by atoms with Crippen LogP contribution in [0.3, 0.4) is 0 Å². The molecule has 0 aliphatic rings. The minimum atomic E-state index is -4.37. The number of alkyl halides is 3. The van der Waals surface area contributed by atoms with Crippen LogP contribution in [-0.2, 0) is 5.54 Å². The second-order valence-electron chi connectivity index (χ2n) is 4.20. The zero-order valence-corrected chi connectivity index (χ0v) is 10.7. The van der Waals surface area contributed by atoms with E-state index >= 15 is 0 Å². The number of halogens is 4. The Bertz CT molecular complexity index is 559. The summed E-state index contributed by atoms with van der Waals surface area (Å²) in [5, 5.41) is 4.42. The molecule has 0 bridgehead atoms. The van der Waals surface area contributed by atoms with Gasteiger partial charge in [-0.05, 0) is 35.8 Å². The zero-order valence-electron chi connectivity index (χ0n) is 9.09. The topological polar surface area (TPSA) is 30.7 Å². The lowest BCUT2D eigenvalue weighted by molar-refractivity contribution is -0.205. The molecule has 0 aliphatic carbocycles. The van der Waals surface area contributed by atoms with Crippen molar-refractivity contribution in [3.8, 4) is 0 Å². The molecule has 0 atom stereocenters. The predicted octanol–water partition coefficient (Wildman–Crippen LogP) is 3.49. The van der Waals surface area contributed by atoms with Gasteiger partial charge >= 0.3 is 6.18 Å². The standard InChI is InChI=1S/C10H9BrF3N3/c1-9(2,10(12,13)14)17-5-6-3-7(11)4-15-8(6)16-17/h3-5H,1-2H3. The van der Waals surface area contributed by atoms with Crippen LogP contribution in [0.4, 0.5) is 13.2 Å². The van der Waals surface area contributed by atoms with Crippen LogP contribution in [0, 0.1) is 0 Å². The Balaban J connectivity index is 2.57. The summed E-state index contributed by atoms with van der Waals surface area (Å²) in [6.07, 6.45) is -1.52. The average molecular weight is 308 g/mol. The van der Waals surface area contributed by atoms with E-state index in [0.29, 0.717) is 15.5 Å². The van der Waals surface area contributed by atoms with Crippen molar-refractivity contribution in [3.05, 3.63) is 22.9 Å². The Morgan fingerprint density at radius 2 is 1.94 bits per heavy atom. The second kappa shape index (κ2) is 3.69. The van der Waals surface area contributed by atoms with Gasteiger partial charge in [0.25, 0.3) is 0 Å². The van der Waals surface area contributed by atoms with Crippen LogP contribution in [0.2, 0.25) is 0 Å². The van der Waals surface area contributed by atoms with Gasteiger partial charge in [-0.15, -0.1) is 0 Å². The molecule has 0 aliphatic heterocycles. The molecular weight excluding hydrogens is 299 g/mol. The van der Waals surface area contributed by atoms with Crippen molar-refractivity contribution >= 4 is 27.0 Å². The monoisotopic (exact) mass is 307 g/mol. The summed E-state index contributed by atoms with van der Waals surface area (Å²) in [5.74, 6) is 0. The molecular formula is C10H9BrF3N3. The van der Waals surface area contributed by atoms with Crippen LogP contribution in [0.1, 0.15) is 13.8 Å². The van der Waals surface area contributed by atoms with Gasteiger partial charge in [-0.1, -0.05) is 0 Å². The van der Waals surface area contributed by atoms with Crippen LogP contribution in [-0.4, -0.2) is 20.9 Å². The van der Waals surface area contributed by atoms with E-state index in [1.54, 1.807) is 6.07 Å². The summed E-state index contributed by atoms with van der Waals surface area (Å²) in [7, 11) is 0. The summed E-state index contributed by atoms with van der Waals surface area (Å²) < 4.78 is 40.1. The van der Waals surface area contributed by atoms with Crippen LogP contribution in [0.5, 0.6) is 0 Å². The van der Waals surface area contributed by atoms with Gasteiger partial charge in [0.2, 0.25) is 0 Å². The highest BCUT2D eigenvalue weighted by Gasteiger charge is 2.49. The first-order valence-corrected chi connectivity index (χ1v) is 5.59. The SMILES string of the molecule is CC(C)(n1cc2cc(Br)cnc2n1)C(F)(F)F. The van der Waals surface area contributed by atoms with Gasteiger partial charge in [0, 0.05) is 22.3 Å². The van der Waals surface area contributed by atoms with Crippen molar-refractivity contribution in [2.45, 2.75) is 25.6 Å². The maximum absolute atomic E-state index is 12.8. The van der Waals surface area contributed by atoms with Crippen molar-refractivity contribution in [1.82, 2.24) is 14.8 Å². The number of hydrogen-bond donors (Lipinski definition) is 0. The van der Waals surface area contributed by atoms with Gasteiger partial charge in [0.1, 0.15) is 0 Å². The Hall–Kier alpha value is -1.11. The maximum atomic E-state index is 12.8. The fourth-order valence-electron chi connectivity index (χ4n) is 1.31. The highest BCUT2D eigenvalue weighted by atomic mass is 79.9. The number of fused-ring (bicyclic) bond motifs is 1. The molecule has 0 saturated carbocycles. The lowest BCUT2D eigenvalue weighted by atomic mass is 10.1. The fourth-order valence-corrected chi connectivity index (χ4v) is 1.65. The number of hydrogen-bond acceptors (Lipinski definition) is 2. The molecule has 2 aromatic heterocycles. The van der Waals surface area contributed by atoms with E-state index in [-0.39, 0.29) is 0 Å². The Morgan fingerprint density at radius 3 is 2.53 bits per heavy atom. The normalized spacial score (nSPS) is 13.3. The number of pyridine rings is 1. The molecule has 92 valence electrons. The van der Waals surface area contributed by atoms with Gasteiger partial charge in [-0.2, -0.15) is 18.3 Å². The summed E-state index contributed by atoms with van der Waals surface area (Å²) >= 11 is 3.21. The minimum Gasteiger partial charge on any atom is -0.255 e. The van der Waals surface area contributed by atoms with E-state index in [1.165, 1.54) is 12.4 Å². The second-order valence-corrected chi connectivity index (χ2v) is 5.11. The zero-order chi connectivity index (χ0) is 12.8. The highest BCUT2D eigenvalue weighted by Crippen LogP contribution is 2.36. The van der Waals surface area contributed by atoms with Crippen LogP contribution >= 0.6 is 15.9 Å². The van der Waals surface area contributed by atoms with E-state index in [4.69, 9.17) is 0 Å². The smallest absolute Gasteiger partial charge is 0.255 e. The van der Waals surface area contributed by atoms with E-state index in [2.05, 4.69) is 26.0 Å². The first-order valence-electron chi connectivity index (χ1n) is 4.80.